The van der Waals surface area contributed by atoms with E-state index in [4.69, 9.17) is 26.2 Å². The Hall–Kier alpha value is -3.69. The average molecular weight is 599 g/mol. The Labute approximate surface area is 232 Å². The topological polar surface area (TPSA) is 103 Å². The molecule has 0 aliphatic carbocycles. The fourth-order valence-electron chi connectivity index (χ4n) is 3.79. The highest BCUT2D eigenvalue weighted by Crippen LogP contribution is 2.36. The van der Waals surface area contributed by atoms with E-state index in [1.54, 1.807) is 30.3 Å². The highest BCUT2D eigenvalue weighted by Gasteiger charge is 2.14. The van der Waals surface area contributed by atoms with E-state index in [1.807, 2.05) is 12.1 Å². The van der Waals surface area contributed by atoms with Crippen molar-refractivity contribution in [3.05, 3.63) is 97.0 Å². The minimum atomic E-state index is -0.994. The first-order valence-corrected chi connectivity index (χ1v) is 13.1. The second kappa shape index (κ2) is 12.2. The molecule has 0 aliphatic rings. The lowest BCUT2D eigenvalue weighted by Crippen LogP contribution is -2.22. The molecule has 1 heterocycles. The number of hydrogen-bond acceptors (Lipinski definition) is 6. The van der Waals surface area contributed by atoms with Crippen LogP contribution in [0.4, 0.5) is 0 Å². The van der Waals surface area contributed by atoms with E-state index < -0.39 is 5.97 Å². The van der Waals surface area contributed by atoms with Gasteiger partial charge in [-0.1, -0.05) is 53.0 Å². The molecule has 1 aromatic heterocycles. The van der Waals surface area contributed by atoms with Crippen molar-refractivity contribution >= 4 is 50.6 Å². The van der Waals surface area contributed by atoms with Crippen LogP contribution in [0.1, 0.15) is 47.1 Å². The number of aryl methyl sites for hydroxylation is 1. The molecule has 0 spiro atoms. The summed E-state index contributed by atoms with van der Waals surface area (Å²) in [4.78, 5) is 29.0. The average Bonchev–Trinajstić information content (AvgIpc) is 2.91. The lowest BCUT2D eigenvalue weighted by molar-refractivity contribution is 0.0697. The van der Waals surface area contributed by atoms with Gasteiger partial charge in [0, 0.05) is 10.9 Å². The van der Waals surface area contributed by atoms with Crippen LogP contribution < -0.4 is 15.0 Å². The van der Waals surface area contributed by atoms with Gasteiger partial charge >= 0.3 is 5.97 Å². The SMILES string of the molecule is CCCCc1nc2ccc(Br)cc2c(=O)n1N=Cc1cc(Cl)c(OCc2ccc(C(=O)O)cc2)c(OC)c1. The third-order valence-electron chi connectivity index (χ3n) is 5.79. The van der Waals surface area contributed by atoms with Gasteiger partial charge in [0.15, 0.2) is 11.5 Å². The van der Waals surface area contributed by atoms with E-state index in [0.29, 0.717) is 45.2 Å². The van der Waals surface area contributed by atoms with Crippen LogP contribution in [0.25, 0.3) is 10.9 Å². The fourth-order valence-corrected chi connectivity index (χ4v) is 4.42. The van der Waals surface area contributed by atoms with Crippen LogP contribution in [0, 0.1) is 0 Å². The minimum absolute atomic E-state index is 0.165. The number of methoxy groups -OCH3 is 1. The highest BCUT2D eigenvalue weighted by atomic mass is 79.9. The predicted octanol–water partition coefficient (Wildman–Crippen LogP) is 6.32. The summed E-state index contributed by atoms with van der Waals surface area (Å²) in [6.07, 6.45) is 3.97. The molecule has 0 bridgehead atoms. The van der Waals surface area contributed by atoms with Gasteiger partial charge in [0.2, 0.25) is 0 Å². The minimum Gasteiger partial charge on any atom is -0.493 e. The molecule has 0 atom stereocenters. The largest absolute Gasteiger partial charge is 0.493 e. The molecule has 4 rings (SSSR count). The molecular formula is C28H25BrClN3O5. The Morgan fingerprint density at radius 1 is 1.18 bits per heavy atom. The molecule has 10 heteroatoms. The van der Waals surface area contributed by atoms with Gasteiger partial charge in [0.1, 0.15) is 12.4 Å². The number of halogens is 2. The predicted molar refractivity (Wildman–Crippen MR) is 151 cm³/mol. The quantitative estimate of drug-likeness (QED) is 0.214. The maximum Gasteiger partial charge on any atom is 0.335 e. The molecule has 4 aromatic rings. The third-order valence-corrected chi connectivity index (χ3v) is 6.56. The van der Waals surface area contributed by atoms with Crippen LogP contribution in [-0.2, 0) is 13.0 Å². The number of fused-ring (bicyclic) bond motifs is 1. The van der Waals surface area contributed by atoms with Gasteiger partial charge in [0.25, 0.3) is 5.56 Å². The summed E-state index contributed by atoms with van der Waals surface area (Å²) in [6.45, 7) is 2.24. The standard InChI is InChI=1S/C28H25BrClN3O5/c1-3-4-5-25-32-23-11-10-20(29)14-21(23)27(34)33(25)31-15-18-12-22(30)26(24(13-18)37-2)38-16-17-6-8-19(9-7-17)28(35)36/h6-15H,3-5,16H2,1-2H3,(H,35,36). The zero-order chi connectivity index (χ0) is 27.2. The van der Waals surface area contributed by atoms with E-state index in [-0.39, 0.29) is 17.7 Å². The summed E-state index contributed by atoms with van der Waals surface area (Å²) in [5.74, 6) is 0.313. The van der Waals surface area contributed by atoms with Gasteiger partial charge in [-0.25, -0.2) is 9.78 Å². The number of nitrogens with zero attached hydrogens (tertiary/aromatic N) is 3. The molecule has 0 unspecified atom stereocenters. The van der Waals surface area contributed by atoms with Crippen molar-refractivity contribution in [1.82, 2.24) is 9.66 Å². The maximum atomic E-state index is 13.3. The van der Waals surface area contributed by atoms with Crippen molar-refractivity contribution in [1.29, 1.82) is 0 Å². The van der Waals surface area contributed by atoms with Crippen molar-refractivity contribution in [2.24, 2.45) is 5.10 Å². The number of carboxylic acid groups (broad SMARTS) is 1. The van der Waals surface area contributed by atoms with E-state index >= 15 is 0 Å². The molecule has 196 valence electrons. The molecule has 38 heavy (non-hydrogen) atoms. The smallest absolute Gasteiger partial charge is 0.335 e. The van der Waals surface area contributed by atoms with E-state index in [0.717, 1.165) is 22.9 Å². The highest BCUT2D eigenvalue weighted by molar-refractivity contribution is 9.10. The first kappa shape index (κ1) is 27.3. The second-order valence-corrected chi connectivity index (χ2v) is 9.80. The van der Waals surface area contributed by atoms with Crippen LogP contribution in [0.5, 0.6) is 11.5 Å². The third kappa shape index (κ3) is 6.23. The maximum absolute atomic E-state index is 13.3. The van der Waals surface area contributed by atoms with Crippen molar-refractivity contribution in [2.45, 2.75) is 32.8 Å². The molecule has 3 aromatic carbocycles. The number of aromatic nitrogens is 2. The summed E-state index contributed by atoms with van der Waals surface area (Å²) in [5, 5.41) is 14.3. The van der Waals surface area contributed by atoms with E-state index in [2.05, 4.69) is 32.9 Å². The molecule has 0 amide bonds. The Kier molecular flexibility index (Phi) is 8.81. The van der Waals surface area contributed by atoms with E-state index in [9.17, 15) is 9.59 Å². The lowest BCUT2D eigenvalue weighted by Gasteiger charge is -2.14. The van der Waals surface area contributed by atoms with Gasteiger partial charge in [-0.3, -0.25) is 4.79 Å². The van der Waals surface area contributed by atoms with Gasteiger partial charge in [-0.05, 0) is 60.0 Å². The van der Waals surface area contributed by atoms with Crippen LogP contribution in [0.2, 0.25) is 5.02 Å². The first-order valence-electron chi connectivity index (χ1n) is 11.9. The van der Waals surface area contributed by atoms with Crippen LogP contribution in [0.15, 0.2) is 69.0 Å². The zero-order valence-corrected chi connectivity index (χ0v) is 23.1. The number of benzene rings is 3. The summed E-state index contributed by atoms with van der Waals surface area (Å²) in [5.41, 5.74) is 1.94. The van der Waals surface area contributed by atoms with Gasteiger partial charge in [0.05, 0.1) is 34.8 Å². The number of rotatable bonds is 10. The Balaban J connectivity index is 1.63. The molecule has 0 saturated carbocycles. The molecule has 0 fully saturated rings. The van der Waals surface area contributed by atoms with Gasteiger partial charge < -0.3 is 14.6 Å². The summed E-state index contributed by atoms with van der Waals surface area (Å²) in [7, 11) is 1.50. The summed E-state index contributed by atoms with van der Waals surface area (Å²) >= 11 is 9.94. The van der Waals surface area contributed by atoms with Gasteiger partial charge in [-0.2, -0.15) is 9.78 Å². The van der Waals surface area contributed by atoms with E-state index in [1.165, 1.54) is 30.1 Å². The number of carboxylic acids is 1. The Morgan fingerprint density at radius 3 is 2.63 bits per heavy atom. The van der Waals surface area contributed by atoms with Crippen LogP contribution >= 0.6 is 27.5 Å². The lowest BCUT2D eigenvalue weighted by atomic mass is 10.1. The molecular weight excluding hydrogens is 574 g/mol. The Morgan fingerprint density at radius 2 is 1.95 bits per heavy atom. The normalized spacial score (nSPS) is 11.3. The summed E-state index contributed by atoms with van der Waals surface area (Å²) in [6, 6.07) is 15.2. The summed E-state index contributed by atoms with van der Waals surface area (Å²) < 4.78 is 13.5. The number of ether oxygens (including phenoxy) is 2. The molecule has 0 radical (unpaired) electrons. The van der Waals surface area contributed by atoms with Crippen LogP contribution in [-0.4, -0.2) is 34.1 Å². The fraction of sp³-hybridized carbons (Fsp3) is 0.214. The number of carbonyl (C=O) groups is 1. The van der Waals surface area contributed by atoms with Crippen molar-refractivity contribution in [3.8, 4) is 11.5 Å². The number of hydrogen-bond donors (Lipinski definition) is 1. The molecule has 1 N–H and O–H groups in total. The van der Waals surface area contributed by atoms with Crippen molar-refractivity contribution in [2.75, 3.05) is 7.11 Å². The van der Waals surface area contributed by atoms with Crippen molar-refractivity contribution < 1.29 is 19.4 Å². The molecule has 0 aliphatic heterocycles. The zero-order valence-electron chi connectivity index (χ0n) is 20.8. The van der Waals surface area contributed by atoms with Gasteiger partial charge in [-0.15, -0.1) is 0 Å². The number of aromatic carboxylic acids is 1. The first-order chi connectivity index (χ1) is 18.3. The Bertz CT molecular complexity index is 1570. The molecule has 0 saturated heterocycles. The molecule has 8 nitrogen and oxygen atoms in total. The monoisotopic (exact) mass is 597 g/mol. The van der Waals surface area contributed by atoms with Crippen LogP contribution in [0.3, 0.4) is 0 Å². The van der Waals surface area contributed by atoms with Crippen molar-refractivity contribution in [3.63, 3.8) is 0 Å². The second-order valence-electron chi connectivity index (χ2n) is 8.48. The number of unbranched alkanes of at least 4 members (excludes halogenated alkanes) is 1.